The number of oxazole rings is 1. The lowest BCUT2D eigenvalue weighted by Crippen LogP contribution is -2.44. The van der Waals surface area contributed by atoms with Crippen LogP contribution in [-0.2, 0) is 11.2 Å². The fourth-order valence-electron chi connectivity index (χ4n) is 3.81. The second kappa shape index (κ2) is 6.33. The molecule has 2 saturated heterocycles. The van der Waals surface area contributed by atoms with Crippen LogP contribution < -0.4 is 5.32 Å². The Hall–Kier alpha value is -1.66. The summed E-state index contributed by atoms with van der Waals surface area (Å²) in [6, 6.07) is 1.99. The van der Waals surface area contributed by atoms with Gasteiger partial charge in [0.25, 0.3) is 0 Å². The van der Waals surface area contributed by atoms with Crippen molar-refractivity contribution in [2.45, 2.75) is 32.6 Å². The molecule has 24 heavy (non-hydrogen) atoms. The molecule has 2 aromatic rings. The number of amides is 1. The van der Waals surface area contributed by atoms with E-state index >= 15 is 0 Å². The Morgan fingerprint density at radius 2 is 2.25 bits per heavy atom. The Kier molecular flexibility index (Phi) is 4.18. The first-order valence-corrected chi connectivity index (χ1v) is 9.57. The summed E-state index contributed by atoms with van der Waals surface area (Å²) in [4.78, 5) is 19.2. The molecular weight excluding hydrogens is 322 g/mol. The molecule has 128 valence electrons. The molecule has 4 rings (SSSR count). The van der Waals surface area contributed by atoms with Gasteiger partial charge in [-0.1, -0.05) is 0 Å². The van der Waals surface area contributed by atoms with E-state index < -0.39 is 0 Å². The number of hydrogen-bond acceptors (Lipinski definition) is 5. The van der Waals surface area contributed by atoms with Crippen LogP contribution in [0.25, 0.3) is 11.5 Å². The average molecular weight is 345 g/mol. The lowest BCUT2D eigenvalue weighted by atomic mass is 9.78. The fourth-order valence-corrected chi connectivity index (χ4v) is 4.44. The van der Waals surface area contributed by atoms with Gasteiger partial charge in [0.05, 0.1) is 12.1 Å². The van der Waals surface area contributed by atoms with Crippen LogP contribution in [0.4, 0.5) is 0 Å². The number of carbonyl (C=O) groups is 1. The van der Waals surface area contributed by atoms with Crippen molar-refractivity contribution in [1.29, 1.82) is 0 Å². The summed E-state index contributed by atoms with van der Waals surface area (Å²) in [5.41, 5.74) is 2.19. The second-order valence-electron chi connectivity index (χ2n) is 7.02. The second-order valence-corrected chi connectivity index (χ2v) is 7.80. The van der Waals surface area contributed by atoms with Crippen molar-refractivity contribution < 1.29 is 9.21 Å². The number of nitrogens with zero attached hydrogens (tertiary/aromatic N) is 2. The largest absolute Gasteiger partial charge is 0.441 e. The highest BCUT2D eigenvalue weighted by Crippen LogP contribution is 2.37. The third kappa shape index (κ3) is 3.00. The highest BCUT2D eigenvalue weighted by atomic mass is 32.1. The number of rotatable bonds is 3. The van der Waals surface area contributed by atoms with Gasteiger partial charge in [0.2, 0.25) is 11.8 Å². The third-order valence-electron chi connectivity index (χ3n) is 5.49. The van der Waals surface area contributed by atoms with E-state index in [1.807, 2.05) is 28.7 Å². The van der Waals surface area contributed by atoms with Gasteiger partial charge in [-0.2, -0.15) is 11.3 Å². The molecule has 2 aliphatic heterocycles. The molecule has 2 aromatic heterocycles. The maximum atomic E-state index is 12.6. The van der Waals surface area contributed by atoms with Crippen LogP contribution in [0.15, 0.2) is 21.2 Å². The normalized spacial score (nSPS) is 20.0. The average Bonchev–Trinajstić information content (AvgIpc) is 3.31. The molecule has 5 nitrogen and oxygen atoms in total. The molecule has 1 amide bonds. The van der Waals surface area contributed by atoms with Crippen molar-refractivity contribution in [2.24, 2.45) is 5.41 Å². The minimum absolute atomic E-state index is 0.170. The first-order chi connectivity index (χ1) is 11.7. The molecule has 1 spiro atoms. The van der Waals surface area contributed by atoms with Crippen LogP contribution in [0, 0.1) is 12.3 Å². The number of aromatic nitrogens is 1. The van der Waals surface area contributed by atoms with E-state index in [1.54, 1.807) is 11.3 Å². The molecule has 2 fully saturated rings. The van der Waals surface area contributed by atoms with E-state index in [0.717, 1.165) is 56.0 Å². The number of aryl methyl sites for hydroxylation is 1. The highest BCUT2D eigenvalue weighted by Gasteiger charge is 2.38. The molecule has 4 heterocycles. The van der Waals surface area contributed by atoms with Crippen LogP contribution >= 0.6 is 11.3 Å². The number of carbonyl (C=O) groups excluding carboxylic acids is 1. The van der Waals surface area contributed by atoms with Crippen LogP contribution in [0.1, 0.15) is 30.7 Å². The molecule has 6 heteroatoms. The van der Waals surface area contributed by atoms with E-state index in [4.69, 9.17) is 4.42 Å². The number of piperidine rings is 1. The molecule has 0 aromatic carbocycles. The SMILES string of the molecule is Cc1oc(-c2ccsc2)nc1CC(=O)N1CCC2(CCNC2)CC1. The quantitative estimate of drug-likeness (QED) is 0.929. The summed E-state index contributed by atoms with van der Waals surface area (Å²) in [6.45, 7) is 5.86. The molecule has 0 unspecified atom stereocenters. The van der Waals surface area contributed by atoms with Crippen LogP contribution in [-0.4, -0.2) is 42.0 Å². The zero-order valence-corrected chi connectivity index (χ0v) is 14.8. The topological polar surface area (TPSA) is 58.4 Å². The zero-order chi connectivity index (χ0) is 16.6. The van der Waals surface area contributed by atoms with E-state index in [1.165, 1.54) is 6.42 Å². The number of thiophene rings is 1. The zero-order valence-electron chi connectivity index (χ0n) is 14.0. The Balaban J connectivity index is 1.40. The molecular formula is C18H23N3O2S. The molecule has 2 aliphatic rings. The van der Waals surface area contributed by atoms with Gasteiger partial charge in [0.1, 0.15) is 5.76 Å². The van der Waals surface area contributed by atoms with Gasteiger partial charge in [-0.3, -0.25) is 4.79 Å². The lowest BCUT2D eigenvalue weighted by Gasteiger charge is -2.38. The van der Waals surface area contributed by atoms with E-state index in [0.29, 0.717) is 17.7 Å². The van der Waals surface area contributed by atoms with Gasteiger partial charge < -0.3 is 14.6 Å². The highest BCUT2D eigenvalue weighted by molar-refractivity contribution is 7.08. The smallest absolute Gasteiger partial charge is 0.228 e. The van der Waals surface area contributed by atoms with Gasteiger partial charge in [-0.05, 0) is 49.6 Å². The van der Waals surface area contributed by atoms with Gasteiger partial charge in [-0.15, -0.1) is 0 Å². The molecule has 0 saturated carbocycles. The standard InChI is InChI=1S/C18H23N3O2S/c1-13-15(20-17(23-13)14-2-9-24-11-14)10-16(22)21-7-4-18(5-8-21)3-6-19-12-18/h2,9,11,19H,3-8,10,12H2,1H3. The van der Waals surface area contributed by atoms with Crippen LogP contribution in [0.5, 0.6) is 0 Å². The monoisotopic (exact) mass is 345 g/mol. The van der Waals surface area contributed by atoms with Crippen molar-refractivity contribution >= 4 is 17.2 Å². The van der Waals surface area contributed by atoms with Crippen LogP contribution in [0.2, 0.25) is 0 Å². The Bertz CT molecular complexity index is 707. The van der Waals surface area contributed by atoms with E-state index in [2.05, 4.69) is 10.3 Å². The van der Waals surface area contributed by atoms with Gasteiger partial charge >= 0.3 is 0 Å². The molecule has 0 atom stereocenters. The molecule has 0 aliphatic carbocycles. The van der Waals surface area contributed by atoms with E-state index in [9.17, 15) is 4.79 Å². The minimum Gasteiger partial charge on any atom is -0.441 e. The maximum Gasteiger partial charge on any atom is 0.228 e. The summed E-state index contributed by atoms with van der Waals surface area (Å²) < 4.78 is 5.74. The van der Waals surface area contributed by atoms with Crippen molar-refractivity contribution in [3.63, 3.8) is 0 Å². The van der Waals surface area contributed by atoms with Crippen molar-refractivity contribution in [2.75, 3.05) is 26.2 Å². The summed E-state index contributed by atoms with van der Waals surface area (Å²) >= 11 is 1.61. The van der Waals surface area contributed by atoms with Gasteiger partial charge in [0.15, 0.2) is 0 Å². The summed E-state index contributed by atoms with van der Waals surface area (Å²) in [7, 11) is 0. The van der Waals surface area contributed by atoms with Gasteiger partial charge in [0, 0.05) is 30.6 Å². The predicted octanol–water partition coefficient (Wildman–Crippen LogP) is 2.86. The predicted molar refractivity (Wildman–Crippen MR) is 94.0 cm³/mol. The number of nitrogens with one attached hydrogen (secondary N) is 1. The summed E-state index contributed by atoms with van der Waals surface area (Å²) in [6.07, 6.45) is 3.82. The van der Waals surface area contributed by atoms with Crippen molar-refractivity contribution in [3.8, 4) is 11.5 Å². The Labute approximate surface area is 146 Å². The first kappa shape index (κ1) is 15.8. The molecule has 0 bridgehead atoms. The fraction of sp³-hybridized carbons (Fsp3) is 0.556. The third-order valence-corrected chi connectivity index (χ3v) is 6.17. The Morgan fingerprint density at radius 1 is 1.42 bits per heavy atom. The minimum atomic E-state index is 0.170. The number of likely N-dealkylation sites (tertiary alicyclic amines) is 1. The number of hydrogen-bond donors (Lipinski definition) is 1. The molecule has 0 radical (unpaired) electrons. The Morgan fingerprint density at radius 3 is 2.92 bits per heavy atom. The van der Waals surface area contributed by atoms with Crippen molar-refractivity contribution in [1.82, 2.24) is 15.2 Å². The summed E-state index contributed by atoms with van der Waals surface area (Å²) in [5, 5.41) is 7.48. The van der Waals surface area contributed by atoms with E-state index in [-0.39, 0.29) is 5.91 Å². The molecule has 1 N–H and O–H groups in total. The van der Waals surface area contributed by atoms with Crippen molar-refractivity contribution in [3.05, 3.63) is 28.3 Å². The first-order valence-electron chi connectivity index (χ1n) is 8.63. The lowest BCUT2D eigenvalue weighted by molar-refractivity contribution is -0.132. The summed E-state index contributed by atoms with van der Waals surface area (Å²) in [5.74, 6) is 1.54. The van der Waals surface area contributed by atoms with Gasteiger partial charge in [-0.25, -0.2) is 4.98 Å². The van der Waals surface area contributed by atoms with Crippen LogP contribution in [0.3, 0.4) is 0 Å². The maximum absolute atomic E-state index is 12.6.